The van der Waals surface area contributed by atoms with Gasteiger partial charge >= 0.3 is 0 Å². The highest BCUT2D eigenvalue weighted by molar-refractivity contribution is 7.85. The molecule has 2 atom stereocenters. The topological polar surface area (TPSA) is 46.2 Å². The Labute approximate surface area is 123 Å². The molecule has 3 nitrogen and oxygen atoms in total. The molecule has 0 heterocycles. The molecule has 1 fully saturated rings. The minimum Gasteiger partial charge on any atom is -0.352 e. The molecular formula is C16H23NO2S. The lowest BCUT2D eigenvalue weighted by atomic mass is 10.2. The molecule has 1 amide bonds. The minimum atomic E-state index is -1.17. The summed E-state index contributed by atoms with van der Waals surface area (Å²) in [4.78, 5) is 12.1. The monoisotopic (exact) mass is 293 g/mol. The van der Waals surface area contributed by atoms with Crippen LogP contribution >= 0.6 is 0 Å². The standard InChI is InChI=1S/C16H23NO2S/c1-12-6-5-7-14(10-12)11-20(19)13(2)16(18)17-15-8-3-4-9-15/h5-7,10,13,15H,3-4,8-9,11H2,1-2H3,(H,17,18)/t13-,20+/m1/s1. The quantitative estimate of drug-likeness (QED) is 0.907. The molecule has 0 aromatic heterocycles. The first kappa shape index (κ1) is 15.2. The van der Waals surface area contributed by atoms with E-state index in [1.165, 1.54) is 12.8 Å². The van der Waals surface area contributed by atoms with Gasteiger partial charge in [0, 0.05) is 22.6 Å². The second-order valence-electron chi connectivity index (χ2n) is 5.65. The van der Waals surface area contributed by atoms with E-state index in [9.17, 15) is 9.00 Å². The van der Waals surface area contributed by atoms with E-state index >= 15 is 0 Å². The van der Waals surface area contributed by atoms with Gasteiger partial charge in [-0.05, 0) is 32.3 Å². The molecule has 0 aliphatic heterocycles. The Morgan fingerprint density at radius 2 is 2.10 bits per heavy atom. The molecule has 1 aliphatic carbocycles. The van der Waals surface area contributed by atoms with Gasteiger partial charge in [0.05, 0.1) is 0 Å². The Hall–Kier alpha value is -1.16. The maximum Gasteiger partial charge on any atom is 0.235 e. The molecule has 1 N–H and O–H groups in total. The molecule has 4 heteroatoms. The average Bonchev–Trinajstić information content (AvgIpc) is 2.90. The van der Waals surface area contributed by atoms with Crippen molar-refractivity contribution in [3.8, 4) is 0 Å². The average molecular weight is 293 g/mol. The summed E-state index contributed by atoms with van der Waals surface area (Å²) in [6.07, 6.45) is 4.49. The zero-order valence-electron chi connectivity index (χ0n) is 12.2. The SMILES string of the molecule is Cc1cccc(C[S@](=O)[C@H](C)C(=O)NC2CCCC2)c1. The summed E-state index contributed by atoms with van der Waals surface area (Å²) in [5.41, 5.74) is 2.19. The molecule has 0 saturated heterocycles. The van der Waals surface area contributed by atoms with Gasteiger partial charge in [-0.15, -0.1) is 0 Å². The number of hydrogen-bond acceptors (Lipinski definition) is 2. The van der Waals surface area contributed by atoms with Gasteiger partial charge in [0.15, 0.2) is 0 Å². The number of aryl methyl sites for hydroxylation is 1. The van der Waals surface area contributed by atoms with E-state index in [2.05, 4.69) is 5.32 Å². The van der Waals surface area contributed by atoms with Crippen LogP contribution in [0.25, 0.3) is 0 Å². The van der Waals surface area contributed by atoms with Crippen molar-refractivity contribution in [1.29, 1.82) is 0 Å². The number of rotatable bonds is 5. The maximum atomic E-state index is 12.3. The number of nitrogens with one attached hydrogen (secondary N) is 1. The van der Waals surface area contributed by atoms with Crippen LogP contribution in [0.4, 0.5) is 0 Å². The van der Waals surface area contributed by atoms with Crippen molar-refractivity contribution in [2.24, 2.45) is 0 Å². The number of hydrogen-bond donors (Lipinski definition) is 1. The van der Waals surface area contributed by atoms with Crippen LogP contribution in [0.2, 0.25) is 0 Å². The second kappa shape index (κ2) is 7.02. The molecule has 0 bridgehead atoms. The Morgan fingerprint density at radius 1 is 1.40 bits per heavy atom. The third-order valence-corrected chi connectivity index (χ3v) is 5.48. The Kier molecular flexibility index (Phi) is 5.35. The maximum absolute atomic E-state index is 12.3. The van der Waals surface area contributed by atoms with E-state index in [4.69, 9.17) is 0 Å². The van der Waals surface area contributed by atoms with E-state index in [0.717, 1.165) is 24.0 Å². The first-order chi connectivity index (χ1) is 9.56. The fourth-order valence-corrected chi connectivity index (χ4v) is 3.66. The summed E-state index contributed by atoms with van der Waals surface area (Å²) >= 11 is 0. The van der Waals surface area contributed by atoms with E-state index < -0.39 is 16.0 Å². The molecule has 1 aliphatic rings. The third-order valence-electron chi connectivity index (χ3n) is 3.86. The fraction of sp³-hybridized carbons (Fsp3) is 0.562. The second-order valence-corrected chi connectivity index (χ2v) is 7.40. The van der Waals surface area contributed by atoms with Gasteiger partial charge in [0.1, 0.15) is 5.25 Å². The Morgan fingerprint density at radius 3 is 2.75 bits per heavy atom. The molecule has 0 unspecified atom stereocenters. The van der Waals surface area contributed by atoms with Crippen molar-refractivity contribution in [3.05, 3.63) is 35.4 Å². The smallest absolute Gasteiger partial charge is 0.235 e. The predicted molar refractivity (Wildman–Crippen MR) is 82.9 cm³/mol. The summed E-state index contributed by atoms with van der Waals surface area (Å²) in [5, 5.41) is 2.58. The normalized spacial score (nSPS) is 18.7. The van der Waals surface area contributed by atoms with Gasteiger partial charge in [-0.1, -0.05) is 42.7 Å². The number of carbonyl (C=O) groups is 1. The third kappa shape index (κ3) is 4.17. The summed E-state index contributed by atoms with van der Waals surface area (Å²) in [7, 11) is -1.17. The van der Waals surface area contributed by atoms with Gasteiger partial charge in [0.25, 0.3) is 0 Å². The Bertz CT molecular complexity index is 495. The van der Waals surface area contributed by atoms with E-state index in [-0.39, 0.29) is 5.91 Å². The molecule has 2 rings (SSSR count). The molecular weight excluding hydrogens is 270 g/mol. The van der Waals surface area contributed by atoms with E-state index in [1.54, 1.807) is 6.92 Å². The van der Waals surface area contributed by atoms with Gasteiger partial charge < -0.3 is 5.32 Å². The largest absolute Gasteiger partial charge is 0.352 e. The van der Waals surface area contributed by atoms with Crippen molar-refractivity contribution in [2.45, 2.75) is 56.6 Å². The van der Waals surface area contributed by atoms with Crippen LogP contribution in [0.15, 0.2) is 24.3 Å². The van der Waals surface area contributed by atoms with Crippen molar-refractivity contribution in [2.75, 3.05) is 0 Å². The van der Waals surface area contributed by atoms with Crippen molar-refractivity contribution < 1.29 is 9.00 Å². The summed E-state index contributed by atoms with van der Waals surface area (Å²) in [6.45, 7) is 3.78. The Balaban J connectivity index is 1.89. The summed E-state index contributed by atoms with van der Waals surface area (Å²) < 4.78 is 12.3. The van der Waals surface area contributed by atoms with Crippen LogP contribution in [0.5, 0.6) is 0 Å². The highest BCUT2D eigenvalue weighted by Crippen LogP contribution is 2.18. The van der Waals surface area contributed by atoms with Crippen LogP contribution in [0.3, 0.4) is 0 Å². The van der Waals surface area contributed by atoms with Gasteiger partial charge in [-0.2, -0.15) is 0 Å². The number of benzene rings is 1. The lowest BCUT2D eigenvalue weighted by Gasteiger charge is -2.16. The molecule has 110 valence electrons. The van der Waals surface area contributed by atoms with Gasteiger partial charge in [-0.25, -0.2) is 0 Å². The highest BCUT2D eigenvalue weighted by Gasteiger charge is 2.24. The zero-order valence-corrected chi connectivity index (χ0v) is 13.0. The lowest BCUT2D eigenvalue weighted by molar-refractivity contribution is -0.121. The first-order valence-electron chi connectivity index (χ1n) is 7.29. The van der Waals surface area contributed by atoms with Gasteiger partial charge in [-0.3, -0.25) is 9.00 Å². The molecule has 0 spiro atoms. The van der Waals surface area contributed by atoms with Crippen LogP contribution in [0.1, 0.15) is 43.7 Å². The summed E-state index contributed by atoms with van der Waals surface area (Å²) in [6, 6.07) is 8.26. The molecule has 1 saturated carbocycles. The minimum absolute atomic E-state index is 0.0668. The predicted octanol–water partition coefficient (Wildman–Crippen LogP) is 2.69. The lowest BCUT2D eigenvalue weighted by Crippen LogP contribution is -2.40. The molecule has 1 aromatic carbocycles. The van der Waals surface area contributed by atoms with Crippen LogP contribution in [-0.4, -0.2) is 21.4 Å². The van der Waals surface area contributed by atoms with E-state index in [0.29, 0.717) is 11.8 Å². The number of carbonyl (C=O) groups excluding carboxylic acids is 1. The van der Waals surface area contributed by atoms with Crippen LogP contribution in [0, 0.1) is 6.92 Å². The van der Waals surface area contributed by atoms with Crippen molar-refractivity contribution in [3.63, 3.8) is 0 Å². The molecule has 1 aromatic rings. The number of amides is 1. The fourth-order valence-electron chi connectivity index (χ4n) is 2.60. The van der Waals surface area contributed by atoms with Gasteiger partial charge in [0.2, 0.25) is 5.91 Å². The molecule has 20 heavy (non-hydrogen) atoms. The molecule has 0 radical (unpaired) electrons. The van der Waals surface area contributed by atoms with Crippen LogP contribution < -0.4 is 5.32 Å². The summed E-state index contributed by atoms with van der Waals surface area (Å²) in [5.74, 6) is 0.379. The van der Waals surface area contributed by atoms with E-state index in [1.807, 2.05) is 31.2 Å². The van der Waals surface area contributed by atoms with Crippen LogP contribution in [-0.2, 0) is 21.3 Å². The van der Waals surface area contributed by atoms with Crippen molar-refractivity contribution in [1.82, 2.24) is 5.32 Å². The first-order valence-corrected chi connectivity index (χ1v) is 8.67. The zero-order chi connectivity index (χ0) is 14.5. The highest BCUT2D eigenvalue weighted by atomic mass is 32.2. The van der Waals surface area contributed by atoms with Crippen molar-refractivity contribution >= 4 is 16.7 Å².